The van der Waals surface area contributed by atoms with E-state index >= 15 is 0 Å². The largest absolute Gasteiger partial charge is 0.494 e. The first-order chi connectivity index (χ1) is 16.4. The molecule has 0 unspecified atom stereocenters. The van der Waals surface area contributed by atoms with Crippen molar-refractivity contribution in [3.05, 3.63) is 89.6 Å². The van der Waals surface area contributed by atoms with E-state index in [0.717, 1.165) is 17.3 Å². The number of benzene rings is 2. The van der Waals surface area contributed by atoms with Crippen LogP contribution in [-0.4, -0.2) is 28.0 Å². The van der Waals surface area contributed by atoms with Crippen molar-refractivity contribution in [1.82, 2.24) is 15.0 Å². The number of carbonyl (C=O) groups is 1. The van der Waals surface area contributed by atoms with Gasteiger partial charge in [0.25, 0.3) is 5.91 Å². The molecule has 172 valence electrons. The van der Waals surface area contributed by atoms with E-state index < -0.39 is 11.7 Å². The molecule has 0 bridgehead atoms. The fourth-order valence-electron chi connectivity index (χ4n) is 3.23. The molecule has 0 fully saturated rings. The van der Waals surface area contributed by atoms with E-state index in [0.29, 0.717) is 29.0 Å². The molecule has 3 N–H and O–H groups in total. The third kappa shape index (κ3) is 5.63. The average Bonchev–Trinajstić information content (AvgIpc) is 2.80. The molecule has 0 aliphatic heterocycles. The third-order valence-electron chi connectivity index (χ3n) is 4.84. The van der Waals surface area contributed by atoms with Crippen LogP contribution in [0, 0.1) is 19.7 Å². The van der Waals surface area contributed by atoms with Gasteiger partial charge in [0.05, 0.1) is 7.11 Å². The number of hydrogen-bond donors (Lipinski definition) is 3. The Labute approximate surface area is 196 Å². The molecule has 0 radical (unpaired) electrons. The maximum atomic E-state index is 13.9. The lowest BCUT2D eigenvalue weighted by Gasteiger charge is -2.11. The zero-order valence-electron chi connectivity index (χ0n) is 18.9. The van der Waals surface area contributed by atoms with E-state index in [1.807, 2.05) is 19.1 Å². The van der Waals surface area contributed by atoms with Crippen LogP contribution in [0.2, 0.25) is 0 Å². The highest BCUT2D eigenvalue weighted by Crippen LogP contribution is 2.22. The van der Waals surface area contributed by atoms with E-state index in [1.165, 1.54) is 19.2 Å². The number of rotatable bonds is 7. The highest BCUT2D eigenvalue weighted by molar-refractivity contribution is 6.04. The topological polar surface area (TPSA) is 101 Å². The summed E-state index contributed by atoms with van der Waals surface area (Å²) in [6, 6.07) is 16.8. The Morgan fingerprint density at radius 1 is 0.853 bits per heavy atom. The van der Waals surface area contributed by atoms with Crippen molar-refractivity contribution in [3.63, 3.8) is 0 Å². The first kappa shape index (κ1) is 22.7. The Kier molecular flexibility index (Phi) is 6.63. The lowest BCUT2D eigenvalue weighted by atomic mass is 10.2. The fourth-order valence-corrected chi connectivity index (χ4v) is 3.23. The van der Waals surface area contributed by atoms with Gasteiger partial charge in [0.1, 0.15) is 23.3 Å². The second kappa shape index (κ2) is 9.95. The van der Waals surface area contributed by atoms with Crippen LogP contribution in [0.15, 0.2) is 66.9 Å². The summed E-state index contributed by atoms with van der Waals surface area (Å²) in [5.74, 6) is 1.57. The van der Waals surface area contributed by atoms with Gasteiger partial charge >= 0.3 is 0 Å². The molecule has 2 aromatic heterocycles. The number of amides is 1. The Hall–Kier alpha value is -4.53. The van der Waals surface area contributed by atoms with E-state index in [1.54, 1.807) is 43.5 Å². The molecule has 0 saturated heterocycles. The van der Waals surface area contributed by atoms with Gasteiger partial charge in [0, 0.05) is 29.2 Å². The van der Waals surface area contributed by atoms with E-state index in [9.17, 15) is 9.18 Å². The molecular weight excluding hydrogens is 435 g/mol. The van der Waals surface area contributed by atoms with Crippen molar-refractivity contribution < 1.29 is 13.9 Å². The normalized spacial score (nSPS) is 10.5. The molecule has 0 spiro atoms. The minimum absolute atomic E-state index is 0.0837. The number of nitrogens with one attached hydrogen (secondary N) is 3. The maximum Gasteiger partial charge on any atom is 0.255 e. The Balaban J connectivity index is 1.43. The smallest absolute Gasteiger partial charge is 0.255 e. The first-order valence-electron chi connectivity index (χ1n) is 10.5. The first-order valence-corrected chi connectivity index (χ1v) is 10.5. The van der Waals surface area contributed by atoms with Gasteiger partial charge in [-0.25, -0.2) is 19.3 Å². The summed E-state index contributed by atoms with van der Waals surface area (Å²) in [5.41, 5.74) is 2.62. The average molecular weight is 458 g/mol. The van der Waals surface area contributed by atoms with Gasteiger partial charge in [-0.2, -0.15) is 0 Å². The molecule has 2 aromatic carbocycles. The van der Waals surface area contributed by atoms with Crippen molar-refractivity contribution in [2.45, 2.75) is 13.8 Å². The Bertz CT molecular complexity index is 1330. The molecule has 8 nitrogen and oxygen atoms in total. The predicted molar refractivity (Wildman–Crippen MR) is 130 cm³/mol. The van der Waals surface area contributed by atoms with Gasteiger partial charge in [0.2, 0.25) is 0 Å². The highest BCUT2D eigenvalue weighted by Gasteiger charge is 2.11. The summed E-state index contributed by atoms with van der Waals surface area (Å²) >= 11 is 0. The molecule has 0 aliphatic carbocycles. The summed E-state index contributed by atoms with van der Waals surface area (Å²) in [7, 11) is 1.37. The monoisotopic (exact) mass is 458 g/mol. The van der Waals surface area contributed by atoms with Crippen molar-refractivity contribution in [2.75, 3.05) is 23.1 Å². The number of halogens is 1. The van der Waals surface area contributed by atoms with Crippen LogP contribution < -0.4 is 20.7 Å². The van der Waals surface area contributed by atoms with Crippen molar-refractivity contribution in [1.29, 1.82) is 0 Å². The third-order valence-corrected chi connectivity index (χ3v) is 4.84. The molecule has 0 aliphatic rings. The van der Waals surface area contributed by atoms with Crippen molar-refractivity contribution in [2.24, 2.45) is 0 Å². The van der Waals surface area contributed by atoms with Crippen LogP contribution >= 0.6 is 0 Å². The molecule has 4 rings (SSSR count). The van der Waals surface area contributed by atoms with Gasteiger partial charge < -0.3 is 20.7 Å². The van der Waals surface area contributed by atoms with Crippen LogP contribution in [0.5, 0.6) is 5.75 Å². The highest BCUT2D eigenvalue weighted by atomic mass is 19.1. The molecule has 0 atom stereocenters. The standard InChI is InChI=1S/C25H23FN6O2/c1-15-10-11-27-22(12-15)32-24-14-23(28-16(2)29-24)30-18-5-7-19(8-6-18)31-25(33)17-4-9-21(34-3)20(26)13-17/h4-14H,1-3H3,(H,31,33)(H2,27,28,29,30,32). The molecule has 4 aromatic rings. The summed E-state index contributed by atoms with van der Waals surface area (Å²) in [4.78, 5) is 25.5. The zero-order valence-corrected chi connectivity index (χ0v) is 18.9. The number of anilines is 5. The van der Waals surface area contributed by atoms with Gasteiger partial charge in [-0.3, -0.25) is 4.79 Å². The van der Waals surface area contributed by atoms with Crippen LogP contribution in [0.4, 0.5) is 33.2 Å². The minimum Gasteiger partial charge on any atom is -0.494 e. The molecule has 9 heteroatoms. The molecule has 1 amide bonds. The Morgan fingerprint density at radius 2 is 1.56 bits per heavy atom. The summed E-state index contributed by atoms with van der Waals surface area (Å²) < 4.78 is 18.8. The molecule has 0 saturated carbocycles. The van der Waals surface area contributed by atoms with Crippen molar-refractivity contribution in [3.8, 4) is 5.75 Å². The summed E-state index contributed by atoms with van der Waals surface area (Å²) in [5, 5.41) is 9.16. The number of pyridine rings is 1. The maximum absolute atomic E-state index is 13.9. The molecule has 34 heavy (non-hydrogen) atoms. The summed E-state index contributed by atoms with van der Waals surface area (Å²) in [6.45, 7) is 3.80. The van der Waals surface area contributed by atoms with E-state index in [-0.39, 0.29) is 11.3 Å². The van der Waals surface area contributed by atoms with E-state index in [4.69, 9.17) is 4.74 Å². The van der Waals surface area contributed by atoms with E-state index in [2.05, 4.69) is 30.9 Å². The minimum atomic E-state index is -0.595. The second-order valence-electron chi connectivity index (χ2n) is 7.53. The summed E-state index contributed by atoms with van der Waals surface area (Å²) in [6.07, 6.45) is 1.73. The lowest BCUT2D eigenvalue weighted by Crippen LogP contribution is -2.12. The number of carbonyl (C=O) groups excluding carboxylic acids is 1. The van der Waals surface area contributed by atoms with Gasteiger partial charge in [0.15, 0.2) is 11.6 Å². The van der Waals surface area contributed by atoms with Crippen molar-refractivity contribution >= 4 is 34.7 Å². The molecule has 2 heterocycles. The number of nitrogens with zero attached hydrogens (tertiary/aromatic N) is 3. The van der Waals surface area contributed by atoms with Gasteiger partial charge in [-0.05, 0) is 74.0 Å². The zero-order chi connectivity index (χ0) is 24.1. The van der Waals surface area contributed by atoms with Gasteiger partial charge in [-0.1, -0.05) is 0 Å². The number of aromatic nitrogens is 3. The number of aryl methyl sites for hydroxylation is 2. The van der Waals surface area contributed by atoms with Crippen LogP contribution in [-0.2, 0) is 0 Å². The molecular formula is C25H23FN6O2. The SMILES string of the molecule is COc1ccc(C(=O)Nc2ccc(Nc3cc(Nc4cc(C)ccn4)nc(C)n3)cc2)cc1F. The number of hydrogen-bond acceptors (Lipinski definition) is 7. The van der Waals surface area contributed by atoms with Gasteiger partial charge in [-0.15, -0.1) is 0 Å². The van der Waals surface area contributed by atoms with Crippen LogP contribution in [0.1, 0.15) is 21.7 Å². The quantitative estimate of drug-likeness (QED) is 0.342. The fraction of sp³-hybridized carbons (Fsp3) is 0.120. The number of methoxy groups -OCH3 is 1. The number of ether oxygens (including phenoxy) is 1. The second-order valence-corrected chi connectivity index (χ2v) is 7.53. The Morgan fingerprint density at radius 3 is 2.24 bits per heavy atom. The van der Waals surface area contributed by atoms with Crippen LogP contribution in [0.25, 0.3) is 0 Å². The predicted octanol–water partition coefficient (Wildman–Crippen LogP) is 5.38. The lowest BCUT2D eigenvalue weighted by molar-refractivity contribution is 0.102. The van der Waals surface area contributed by atoms with Crippen LogP contribution in [0.3, 0.4) is 0 Å².